The van der Waals surface area contributed by atoms with Crippen LogP contribution in [0.25, 0.3) is 5.65 Å². The number of benzene rings is 1. The third-order valence-electron chi connectivity index (χ3n) is 4.04. The Hall–Kier alpha value is -3.49. The monoisotopic (exact) mass is 480 g/mol. The molecule has 2 heterocycles. The van der Waals surface area contributed by atoms with Crippen LogP contribution in [0.1, 0.15) is 24.2 Å². The molecule has 0 unspecified atom stereocenters. The Morgan fingerprint density at radius 2 is 1.81 bits per heavy atom. The molecule has 1 aromatic carbocycles. The maximum absolute atomic E-state index is 13.3. The number of halogens is 5. The largest absolute Gasteiger partial charge is 0.477 e. The first kappa shape index (κ1) is 23.2. The first-order valence-corrected chi connectivity index (χ1v) is 10.9. The zero-order valence-corrected chi connectivity index (χ0v) is 17.4. The summed E-state index contributed by atoms with van der Waals surface area (Å²) in [7, 11) is -10.1. The summed E-state index contributed by atoms with van der Waals surface area (Å²) in [6.07, 6.45) is 0. The predicted molar refractivity (Wildman–Crippen MR) is 104 cm³/mol. The number of ketones is 1. The summed E-state index contributed by atoms with van der Waals surface area (Å²) in [6.45, 7) is 2.25. The molecule has 0 atom stereocenters. The summed E-state index contributed by atoms with van der Waals surface area (Å²) < 4.78 is 73.8. The lowest BCUT2D eigenvalue weighted by Gasteiger charge is -2.40. The van der Waals surface area contributed by atoms with Crippen LogP contribution in [-0.2, 0) is 11.3 Å². The van der Waals surface area contributed by atoms with E-state index < -0.39 is 50.2 Å². The number of hydrogen-bond donors (Lipinski definition) is 2. The van der Waals surface area contributed by atoms with Crippen molar-refractivity contribution in [2.45, 2.75) is 25.3 Å². The molecule has 9 nitrogen and oxygen atoms in total. The van der Waals surface area contributed by atoms with Crippen LogP contribution < -0.4 is 15.7 Å². The van der Waals surface area contributed by atoms with Gasteiger partial charge in [-0.25, -0.2) is 4.68 Å². The summed E-state index contributed by atoms with van der Waals surface area (Å²) in [4.78, 5) is 21.5. The molecular formula is C17H17F5N6O3S. The van der Waals surface area contributed by atoms with Gasteiger partial charge in [0.2, 0.25) is 17.4 Å². The van der Waals surface area contributed by atoms with Crippen molar-refractivity contribution in [3.05, 3.63) is 41.5 Å². The van der Waals surface area contributed by atoms with Gasteiger partial charge in [-0.2, -0.15) is 4.52 Å². The number of carbonyl (C=O) groups is 2. The summed E-state index contributed by atoms with van der Waals surface area (Å²) >= 11 is 0. The van der Waals surface area contributed by atoms with E-state index in [1.807, 2.05) is 5.32 Å². The molecule has 0 saturated carbocycles. The minimum absolute atomic E-state index is 0.0145. The highest BCUT2D eigenvalue weighted by atomic mass is 32.5. The first-order valence-electron chi connectivity index (χ1n) is 8.91. The summed E-state index contributed by atoms with van der Waals surface area (Å²) in [5.74, 6) is -1.69. The second-order valence-corrected chi connectivity index (χ2v) is 9.08. The van der Waals surface area contributed by atoms with E-state index >= 15 is 0 Å². The Labute approximate surface area is 177 Å². The number of nitrogens with zero attached hydrogens (tertiary/aromatic N) is 4. The Bertz CT molecular complexity index is 1300. The lowest BCUT2D eigenvalue weighted by atomic mass is 10.1. The van der Waals surface area contributed by atoms with E-state index in [4.69, 9.17) is 10.1 Å². The van der Waals surface area contributed by atoms with Crippen molar-refractivity contribution in [2.24, 2.45) is 0 Å². The molecule has 174 valence electrons. The topological polar surface area (TPSA) is 114 Å². The van der Waals surface area contributed by atoms with Gasteiger partial charge in [-0.1, -0.05) is 19.4 Å². The van der Waals surface area contributed by atoms with Crippen LogP contribution in [0.4, 0.5) is 25.1 Å². The summed E-state index contributed by atoms with van der Waals surface area (Å²) in [5.41, 5.74) is -1.63. The van der Waals surface area contributed by atoms with E-state index in [1.54, 1.807) is 6.92 Å². The second kappa shape index (κ2) is 7.01. The van der Waals surface area contributed by atoms with E-state index in [9.17, 15) is 29.0 Å². The van der Waals surface area contributed by atoms with Crippen molar-refractivity contribution in [2.75, 3.05) is 11.9 Å². The molecular weight excluding hydrogens is 463 g/mol. The Morgan fingerprint density at radius 3 is 2.41 bits per heavy atom. The fourth-order valence-electron chi connectivity index (χ4n) is 2.73. The van der Waals surface area contributed by atoms with Gasteiger partial charge in [0.15, 0.2) is 11.4 Å². The molecule has 0 fully saturated rings. The molecule has 3 rings (SSSR count). The van der Waals surface area contributed by atoms with E-state index in [1.165, 1.54) is 12.1 Å². The van der Waals surface area contributed by atoms with Crippen molar-refractivity contribution in [1.29, 1.82) is 5.41 Å². The molecule has 0 saturated heterocycles. The number of ether oxygens (including phenoxy) is 1. The predicted octanol–water partition coefficient (Wildman–Crippen LogP) is 3.91. The molecule has 0 bridgehead atoms. The average molecular weight is 480 g/mol. The van der Waals surface area contributed by atoms with Crippen LogP contribution >= 0.6 is 10.2 Å². The van der Waals surface area contributed by atoms with Gasteiger partial charge in [0, 0.05) is 24.2 Å². The van der Waals surface area contributed by atoms with E-state index in [0.29, 0.717) is 6.61 Å². The number of carbonyl (C=O) groups excluding carboxylic acids is 2. The summed E-state index contributed by atoms with van der Waals surface area (Å²) in [5, 5.41) is 18.0. The van der Waals surface area contributed by atoms with Crippen molar-refractivity contribution in [1.82, 2.24) is 19.4 Å². The third kappa shape index (κ3) is 5.04. The number of anilines is 1. The molecule has 32 heavy (non-hydrogen) atoms. The SMILES string of the molecule is CCOc1ccc2nn(CC(=O)c3cc(NC(C)=O)cc(S(F)(F)(F)(F)F)c3)c(=N)n2n1. The van der Waals surface area contributed by atoms with Crippen molar-refractivity contribution in [3.63, 3.8) is 0 Å². The van der Waals surface area contributed by atoms with Crippen LogP contribution in [0.3, 0.4) is 0 Å². The Kier molecular flexibility index (Phi) is 5.08. The molecule has 0 aliphatic heterocycles. The standard InChI is InChI=1S/C17H17F5N6O3S/c1-3-31-16-5-4-15-25-27(17(23)28(15)26-16)9-14(30)11-6-12(24-10(2)29)8-13(7-11)32(18,19,20,21)22/h4-8,23H,3,9H2,1-2H3,(H,24,29). The Morgan fingerprint density at radius 1 is 1.12 bits per heavy atom. The lowest BCUT2D eigenvalue weighted by Crippen LogP contribution is -2.26. The highest BCUT2D eigenvalue weighted by Gasteiger charge is 2.65. The smallest absolute Gasteiger partial charge is 0.310 e. The van der Waals surface area contributed by atoms with Crippen LogP contribution in [0.5, 0.6) is 5.88 Å². The van der Waals surface area contributed by atoms with E-state index in [2.05, 4.69) is 10.2 Å². The number of fused-ring (bicyclic) bond motifs is 1. The number of Topliss-reactive ketones (excluding diaryl/α,β-unsaturated/α-hetero) is 1. The zero-order valence-electron chi connectivity index (χ0n) is 16.6. The molecule has 0 radical (unpaired) electrons. The van der Waals surface area contributed by atoms with Gasteiger partial charge in [0.05, 0.1) is 6.61 Å². The highest BCUT2D eigenvalue weighted by Crippen LogP contribution is 3.02. The molecule has 15 heteroatoms. The third-order valence-corrected chi connectivity index (χ3v) is 5.17. The van der Waals surface area contributed by atoms with E-state index in [0.717, 1.165) is 22.2 Å². The minimum Gasteiger partial charge on any atom is -0.477 e. The van der Waals surface area contributed by atoms with Gasteiger partial charge in [-0.3, -0.25) is 15.0 Å². The molecule has 0 aliphatic rings. The average Bonchev–Trinajstić information content (AvgIpc) is 2.95. The van der Waals surface area contributed by atoms with Crippen molar-refractivity contribution in [3.8, 4) is 5.88 Å². The van der Waals surface area contributed by atoms with Gasteiger partial charge in [-0.15, -0.1) is 10.2 Å². The zero-order chi connectivity index (χ0) is 24.0. The van der Waals surface area contributed by atoms with Crippen molar-refractivity contribution < 1.29 is 33.8 Å². The number of nitrogens with one attached hydrogen (secondary N) is 2. The van der Waals surface area contributed by atoms with Crippen LogP contribution in [0, 0.1) is 5.41 Å². The number of amides is 1. The molecule has 0 aliphatic carbocycles. The van der Waals surface area contributed by atoms with Crippen LogP contribution in [0.2, 0.25) is 0 Å². The fourth-order valence-corrected chi connectivity index (χ4v) is 3.43. The van der Waals surface area contributed by atoms with Gasteiger partial charge >= 0.3 is 10.2 Å². The number of rotatable bonds is 7. The van der Waals surface area contributed by atoms with Gasteiger partial charge < -0.3 is 10.1 Å². The second-order valence-electron chi connectivity index (χ2n) is 6.68. The molecule has 2 N–H and O–H groups in total. The highest BCUT2D eigenvalue weighted by molar-refractivity contribution is 8.45. The number of hydrogen-bond acceptors (Lipinski definition) is 6. The van der Waals surface area contributed by atoms with Crippen LogP contribution in [-0.4, -0.2) is 37.7 Å². The number of aromatic nitrogens is 4. The maximum atomic E-state index is 13.3. The van der Waals surface area contributed by atoms with Gasteiger partial charge in [0.25, 0.3) is 0 Å². The minimum atomic E-state index is -10.1. The molecule has 0 spiro atoms. The van der Waals surface area contributed by atoms with Crippen LogP contribution in [0.15, 0.2) is 35.2 Å². The lowest BCUT2D eigenvalue weighted by molar-refractivity contribution is -0.114. The van der Waals surface area contributed by atoms with Gasteiger partial charge in [-0.05, 0) is 31.2 Å². The molecule has 2 aromatic heterocycles. The maximum Gasteiger partial charge on any atom is 0.310 e. The van der Waals surface area contributed by atoms with Gasteiger partial charge in [0.1, 0.15) is 11.4 Å². The quantitative estimate of drug-likeness (QED) is 0.393. The summed E-state index contributed by atoms with van der Waals surface area (Å²) in [6, 6.07) is 3.82. The normalized spacial score (nSPS) is 14.0. The molecule has 1 amide bonds. The molecule has 3 aromatic rings. The fraction of sp³-hybridized carbons (Fsp3) is 0.235. The van der Waals surface area contributed by atoms with E-state index in [-0.39, 0.29) is 23.7 Å². The first-order chi connectivity index (χ1) is 14.6. The van der Waals surface area contributed by atoms with Crippen molar-refractivity contribution >= 4 is 33.2 Å². The Balaban J connectivity index is 2.03.